The third-order valence-corrected chi connectivity index (χ3v) is 4.11. The molecule has 1 fully saturated rings. The van der Waals surface area contributed by atoms with Gasteiger partial charge in [0.15, 0.2) is 17.7 Å². The first kappa shape index (κ1) is 17.5. The summed E-state index contributed by atoms with van der Waals surface area (Å²) in [6.07, 6.45) is 0.796. The Balaban J connectivity index is 1.81. The molecule has 1 aliphatic heterocycles. The molecule has 0 spiro atoms. The van der Waals surface area contributed by atoms with Crippen molar-refractivity contribution in [1.29, 1.82) is 0 Å². The summed E-state index contributed by atoms with van der Waals surface area (Å²) in [6, 6.07) is 0. The van der Waals surface area contributed by atoms with Gasteiger partial charge in [0, 0.05) is 13.5 Å². The standard InChI is InChI=1S/C15H21N5O5/c1-3-4-9(21)24-5-8-11(22)12(23-2)15(25-8)20-7-19-10-13(16)17-6-18-14(10)20/h6-8,11-12,15,22H,3-5H2,1-2H3,(H2,16,17,18)/t8-,11-,12-,15-/m1/s1. The van der Waals surface area contributed by atoms with Crippen molar-refractivity contribution >= 4 is 23.0 Å². The fourth-order valence-electron chi connectivity index (χ4n) is 2.84. The zero-order valence-electron chi connectivity index (χ0n) is 14.0. The van der Waals surface area contributed by atoms with E-state index in [1.54, 1.807) is 4.57 Å². The maximum atomic E-state index is 11.5. The number of nitrogens with two attached hydrogens (primary N) is 1. The lowest BCUT2D eigenvalue weighted by atomic mass is 10.1. The summed E-state index contributed by atoms with van der Waals surface area (Å²) >= 11 is 0. The molecule has 0 amide bonds. The number of hydrogen-bond donors (Lipinski definition) is 2. The molecule has 0 aromatic carbocycles. The number of aliphatic hydroxyl groups excluding tert-OH is 1. The molecule has 0 bridgehead atoms. The Morgan fingerprint density at radius 2 is 2.24 bits per heavy atom. The van der Waals surface area contributed by atoms with Crippen LogP contribution in [0.5, 0.6) is 0 Å². The van der Waals surface area contributed by atoms with E-state index in [9.17, 15) is 9.90 Å². The van der Waals surface area contributed by atoms with E-state index in [0.29, 0.717) is 24.0 Å². The van der Waals surface area contributed by atoms with Crippen LogP contribution in [0.3, 0.4) is 0 Å². The van der Waals surface area contributed by atoms with E-state index in [2.05, 4.69) is 15.0 Å². The SMILES string of the molecule is CCCC(=O)OC[C@H]1O[C@@H](n2cnc3c(N)ncnc32)[C@H](OC)[C@@H]1O. The number of aromatic nitrogens is 4. The van der Waals surface area contributed by atoms with Gasteiger partial charge in [0.1, 0.15) is 36.8 Å². The summed E-state index contributed by atoms with van der Waals surface area (Å²) in [5, 5.41) is 10.5. The zero-order chi connectivity index (χ0) is 18.0. The van der Waals surface area contributed by atoms with Crippen molar-refractivity contribution in [1.82, 2.24) is 19.5 Å². The number of esters is 1. The minimum atomic E-state index is -0.971. The van der Waals surface area contributed by atoms with Crippen LogP contribution in [0, 0.1) is 0 Å². The average molecular weight is 351 g/mol. The highest BCUT2D eigenvalue weighted by atomic mass is 16.6. The lowest BCUT2D eigenvalue weighted by Gasteiger charge is -2.19. The molecule has 136 valence electrons. The van der Waals surface area contributed by atoms with Gasteiger partial charge in [-0.2, -0.15) is 0 Å². The Labute approximate surface area is 143 Å². The van der Waals surface area contributed by atoms with Gasteiger partial charge in [0.2, 0.25) is 0 Å². The van der Waals surface area contributed by atoms with Crippen LogP contribution in [-0.4, -0.2) is 62.6 Å². The topological polar surface area (TPSA) is 135 Å². The molecule has 10 nitrogen and oxygen atoms in total. The normalized spacial score (nSPS) is 26.2. The van der Waals surface area contributed by atoms with Crippen LogP contribution in [0.1, 0.15) is 26.0 Å². The molecule has 3 N–H and O–H groups in total. The van der Waals surface area contributed by atoms with Gasteiger partial charge in [-0.3, -0.25) is 9.36 Å². The summed E-state index contributed by atoms with van der Waals surface area (Å²) in [7, 11) is 1.47. The third-order valence-electron chi connectivity index (χ3n) is 4.11. The second kappa shape index (κ2) is 7.30. The van der Waals surface area contributed by atoms with Crippen molar-refractivity contribution in [3.05, 3.63) is 12.7 Å². The molecule has 1 saturated heterocycles. The van der Waals surface area contributed by atoms with E-state index in [1.807, 2.05) is 6.92 Å². The van der Waals surface area contributed by atoms with Crippen LogP contribution in [0.4, 0.5) is 5.82 Å². The molecule has 0 unspecified atom stereocenters. The van der Waals surface area contributed by atoms with Gasteiger partial charge in [0.05, 0.1) is 6.33 Å². The van der Waals surface area contributed by atoms with Gasteiger partial charge >= 0.3 is 5.97 Å². The highest BCUT2D eigenvalue weighted by Gasteiger charge is 2.46. The zero-order valence-corrected chi connectivity index (χ0v) is 14.0. The maximum absolute atomic E-state index is 11.5. The summed E-state index contributed by atoms with van der Waals surface area (Å²) in [5.41, 5.74) is 6.70. The monoisotopic (exact) mass is 351 g/mol. The Morgan fingerprint density at radius 1 is 1.44 bits per heavy atom. The number of methoxy groups -OCH3 is 1. The number of hydrogen-bond acceptors (Lipinski definition) is 9. The number of ether oxygens (including phenoxy) is 3. The molecule has 0 aliphatic carbocycles. The van der Waals surface area contributed by atoms with E-state index in [-0.39, 0.29) is 18.4 Å². The number of carbonyl (C=O) groups is 1. The first-order chi connectivity index (χ1) is 12.1. The molecule has 2 aromatic rings. The number of nitrogen functional groups attached to an aromatic ring is 1. The van der Waals surface area contributed by atoms with Crippen molar-refractivity contribution in [2.24, 2.45) is 0 Å². The fraction of sp³-hybridized carbons (Fsp3) is 0.600. The lowest BCUT2D eigenvalue weighted by Crippen LogP contribution is -2.35. The number of anilines is 1. The van der Waals surface area contributed by atoms with Gasteiger partial charge in [-0.1, -0.05) is 6.92 Å². The highest BCUT2D eigenvalue weighted by Crippen LogP contribution is 2.33. The Kier molecular flexibility index (Phi) is 5.11. The van der Waals surface area contributed by atoms with E-state index in [1.165, 1.54) is 19.8 Å². The highest BCUT2D eigenvalue weighted by molar-refractivity contribution is 5.81. The van der Waals surface area contributed by atoms with Gasteiger partial charge in [-0.05, 0) is 6.42 Å². The van der Waals surface area contributed by atoms with Gasteiger partial charge in [-0.15, -0.1) is 0 Å². The van der Waals surface area contributed by atoms with Crippen LogP contribution in [0.25, 0.3) is 11.2 Å². The van der Waals surface area contributed by atoms with Gasteiger partial charge in [0.25, 0.3) is 0 Å². The summed E-state index contributed by atoms with van der Waals surface area (Å²) in [4.78, 5) is 23.8. The summed E-state index contributed by atoms with van der Waals surface area (Å²) in [5.74, 6) is -0.0781. The number of nitrogens with zero attached hydrogens (tertiary/aromatic N) is 4. The predicted molar refractivity (Wildman–Crippen MR) is 86.3 cm³/mol. The van der Waals surface area contributed by atoms with E-state index < -0.39 is 24.5 Å². The molecule has 1 aliphatic rings. The molecule has 2 aromatic heterocycles. The number of aliphatic hydroxyl groups is 1. The first-order valence-corrected chi connectivity index (χ1v) is 8.01. The molecular formula is C15H21N5O5. The van der Waals surface area contributed by atoms with E-state index in [4.69, 9.17) is 19.9 Å². The van der Waals surface area contributed by atoms with Gasteiger partial charge in [-0.25, -0.2) is 15.0 Å². The molecular weight excluding hydrogens is 330 g/mol. The smallest absolute Gasteiger partial charge is 0.305 e. The average Bonchev–Trinajstić information content (AvgIpc) is 3.15. The number of fused-ring (bicyclic) bond motifs is 1. The summed E-state index contributed by atoms with van der Waals surface area (Å²) in [6.45, 7) is 1.83. The summed E-state index contributed by atoms with van der Waals surface area (Å²) < 4.78 is 18.0. The Morgan fingerprint density at radius 3 is 2.96 bits per heavy atom. The first-order valence-electron chi connectivity index (χ1n) is 8.01. The minimum Gasteiger partial charge on any atom is -0.463 e. The van der Waals surface area contributed by atoms with Crippen LogP contribution < -0.4 is 5.73 Å². The largest absolute Gasteiger partial charge is 0.463 e. The quantitative estimate of drug-likeness (QED) is 0.691. The van der Waals surface area contributed by atoms with Crippen LogP contribution in [0.15, 0.2) is 12.7 Å². The second-order valence-electron chi connectivity index (χ2n) is 5.77. The predicted octanol–water partition coefficient (Wildman–Crippen LogP) is 0.0251. The maximum Gasteiger partial charge on any atom is 0.305 e. The van der Waals surface area contributed by atoms with E-state index in [0.717, 1.165) is 0 Å². The number of rotatable bonds is 6. The molecule has 3 heterocycles. The molecule has 10 heteroatoms. The molecule has 0 radical (unpaired) electrons. The third kappa shape index (κ3) is 3.28. The molecule has 4 atom stereocenters. The van der Waals surface area contributed by atoms with Gasteiger partial charge < -0.3 is 25.1 Å². The molecule has 25 heavy (non-hydrogen) atoms. The van der Waals surface area contributed by atoms with Crippen molar-refractivity contribution < 1.29 is 24.1 Å². The fourth-order valence-corrected chi connectivity index (χ4v) is 2.84. The van der Waals surface area contributed by atoms with Crippen molar-refractivity contribution in [2.45, 2.75) is 44.3 Å². The van der Waals surface area contributed by atoms with Crippen LogP contribution in [0.2, 0.25) is 0 Å². The van der Waals surface area contributed by atoms with Crippen molar-refractivity contribution in [2.75, 3.05) is 19.5 Å². The van der Waals surface area contributed by atoms with Crippen LogP contribution in [-0.2, 0) is 19.0 Å². The van der Waals surface area contributed by atoms with E-state index >= 15 is 0 Å². The molecule has 3 rings (SSSR count). The Hall–Kier alpha value is -2.30. The Bertz CT molecular complexity index is 751. The number of carbonyl (C=O) groups excluding carboxylic acids is 1. The van der Waals surface area contributed by atoms with Crippen molar-refractivity contribution in [3.8, 4) is 0 Å². The van der Waals surface area contributed by atoms with Crippen LogP contribution >= 0.6 is 0 Å². The lowest BCUT2D eigenvalue weighted by molar-refractivity contribution is -0.150. The molecule has 0 saturated carbocycles. The second-order valence-corrected chi connectivity index (χ2v) is 5.77. The number of imidazole rings is 1. The van der Waals surface area contributed by atoms with Crippen molar-refractivity contribution in [3.63, 3.8) is 0 Å². The minimum absolute atomic E-state index is 0.0554.